The number of carbonyl (C=O) groups excluding carboxylic acids is 1. The number of nitrogens with one attached hydrogen (secondary N) is 1. The topological polar surface area (TPSA) is 46.9 Å². The third-order valence-electron chi connectivity index (χ3n) is 1.76. The average molecular weight is 239 g/mol. The molecule has 1 N–H and O–H groups in total. The van der Waals surface area contributed by atoms with Crippen LogP contribution < -0.4 is 5.32 Å². The maximum atomic E-state index is 11.7. The van der Waals surface area contributed by atoms with E-state index in [0.29, 0.717) is 10.7 Å². The van der Waals surface area contributed by atoms with Gasteiger partial charge in [0.15, 0.2) is 5.82 Å². The molecule has 2 aromatic rings. The van der Waals surface area contributed by atoms with Crippen LogP contribution in [0.15, 0.2) is 28.6 Å². The van der Waals surface area contributed by atoms with Crippen molar-refractivity contribution in [2.75, 3.05) is 5.32 Å². The Labute approximate surface area is 96.3 Å². The van der Waals surface area contributed by atoms with Crippen molar-refractivity contribution in [2.24, 2.45) is 7.05 Å². The first kappa shape index (κ1) is 10.3. The second kappa shape index (κ2) is 4.08. The quantitative estimate of drug-likeness (QED) is 0.788. The Morgan fingerprint density at radius 1 is 1.67 bits per heavy atom. The van der Waals surface area contributed by atoms with Crippen molar-refractivity contribution >= 4 is 35.7 Å². The van der Waals surface area contributed by atoms with Gasteiger partial charge in [-0.15, -0.1) is 24.0 Å². The SMILES string of the molecule is Cn1ccc(NC(=O)c2cc(S)cs2)n1. The van der Waals surface area contributed by atoms with Crippen LogP contribution in [0.2, 0.25) is 0 Å². The van der Waals surface area contributed by atoms with Gasteiger partial charge in [0.1, 0.15) is 0 Å². The van der Waals surface area contributed by atoms with Gasteiger partial charge in [-0.05, 0) is 6.07 Å². The molecule has 78 valence electrons. The molecule has 0 aliphatic rings. The third-order valence-corrected chi connectivity index (χ3v) is 3.13. The third kappa shape index (κ3) is 2.40. The van der Waals surface area contributed by atoms with Crippen LogP contribution in [0.4, 0.5) is 5.82 Å². The molecule has 4 nitrogen and oxygen atoms in total. The Hall–Kier alpha value is -1.27. The molecule has 0 aliphatic carbocycles. The first-order valence-electron chi connectivity index (χ1n) is 4.23. The fourth-order valence-electron chi connectivity index (χ4n) is 1.10. The van der Waals surface area contributed by atoms with Crippen molar-refractivity contribution in [2.45, 2.75) is 4.90 Å². The Kier molecular flexibility index (Phi) is 2.79. The van der Waals surface area contributed by atoms with Crippen LogP contribution in [0, 0.1) is 0 Å². The minimum Gasteiger partial charge on any atom is -0.304 e. The molecule has 15 heavy (non-hydrogen) atoms. The highest BCUT2D eigenvalue weighted by molar-refractivity contribution is 7.80. The highest BCUT2D eigenvalue weighted by Gasteiger charge is 2.09. The van der Waals surface area contributed by atoms with Gasteiger partial charge in [0.2, 0.25) is 0 Å². The van der Waals surface area contributed by atoms with Gasteiger partial charge in [-0.25, -0.2) is 0 Å². The Morgan fingerprint density at radius 3 is 3.00 bits per heavy atom. The van der Waals surface area contributed by atoms with Crippen LogP contribution >= 0.6 is 24.0 Å². The average Bonchev–Trinajstić information content (AvgIpc) is 2.75. The van der Waals surface area contributed by atoms with E-state index in [2.05, 4.69) is 23.0 Å². The summed E-state index contributed by atoms with van der Waals surface area (Å²) in [6.07, 6.45) is 1.77. The van der Waals surface area contributed by atoms with E-state index in [4.69, 9.17) is 0 Å². The summed E-state index contributed by atoms with van der Waals surface area (Å²) in [5.74, 6) is 0.399. The zero-order chi connectivity index (χ0) is 10.8. The monoisotopic (exact) mass is 239 g/mol. The molecule has 2 heterocycles. The molecule has 0 bridgehead atoms. The fraction of sp³-hybridized carbons (Fsp3) is 0.111. The van der Waals surface area contributed by atoms with Gasteiger partial charge in [0.25, 0.3) is 5.91 Å². The number of anilines is 1. The second-order valence-corrected chi connectivity index (χ2v) is 4.43. The number of thiophene rings is 1. The van der Waals surface area contributed by atoms with Gasteiger partial charge in [0, 0.05) is 29.6 Å². The van der Waals surface area contributed by atoms with Crippen LogP contribution in [0.3, 0.4) is 0 Å². The summed E-state index contributed by atoms with van der Waals surface area (Å²) >= 11 is 5.50. The lowest BCUT2D eigenvalue weighted by atomic mass is 10.4. The molecule has 6 heteroatoms. The highest BCUT2D eigenvalue weighted by Crippen LogP contribution is 2.18. The molecule has 0 saturated heterocycles. The normalized spacial score (nSPS) is 10.3. The van der Waals surface area contributed by atoms with Crippen LogP contribution in [0.25, 0.3) is 0 Å². The summed E-state index contributed by atoms with van der Waals surface area (Å²) in [4.78, 5) is 13.1. The van der Waals surface area contributed by atoms with Crippen molar-refractivity contribution in [1.29, 1.82) is 0 Å². The molecule has 1 amide bonds. The minimum atomic E-state index is -0.154. The van der Waals surface area contributed by atoms with Gasteiger partial charge >= 0.3 is 0 Å². The summed E-state index contributed by atoms with van der Waals surface area (Å²) in [6.45, 7) is 0. The van der Waals surface area contributed by atoms with Gasteiger partial charge in [0.05, 0.1) is 4.88 Å². The van der Waals surface area contributed by atoms with Gasteiger partial charge in [-0.1, -0.05) is 0 Å². The standard InChI is InChI=1S/C9H9N3OS2/c1-12-3-2-8(11-12)10-9(13)7-4-6(14)5-15-7/h2-5,14H,1H3,(H,10,11,13). The largest absolute Gasteiger partial charge is 0.304 e. The van der Waals surface area contributed by atoms with Crippen LogP contribution in [-0.2, 0) is 7.05 Å². The Morgan fingerprint density at radius 2 is 2.47 bits per heavy atom. The number of aromatic nitrogens is 2. The van der Waals surface area contributed by atoms with Crippen LogP contribution in [0.5, 0.6) is 0 Å². The van der Waals surface area contributed by atoms with Crippen molar-refractivity contribution in [3.8, 4) is 0 Å². The smallest absolute Gasteiger partial charge is 0.266 e. The van der Waals surface area contributed by atoms with Crippen LogP contribution in [-0.4, -0.2) is 15.7 Å². The molecule has 2 rings (SSSR count). The number of carbonyl (C=O) groups is 1. The Bertz CT molecular complexity index is 489. The lowest BCUT2D eigenvalue weighted by Gasteiger charge is -1.97. The number of hydrogen-bond donors (Lipinski definition) is 2. The van der Waals surface area contributed by atoms with Crippen molar-refractivity contribution in [1.82, 2.24) is 9.78 Å². The molecule has 0 unspecified atom stereocenters. The van der Waals surface area contributed by atoms with E-state index in [1.54, 1.807) is 30.1 Å². The van der Waals surface area contributed by atoms with E-state index in [1.807, 2.05) is 5.38 Å². The molecular weight excluding hydrogens is 230 g/mol. The van der Waals surface area contributed by atoms with Gasteiger partial charge < -0.3 is 5.32 Å². The fourth-order valence-corrected chi connectivity index (χ4v) is 2.15. The lowest BCUT2D eigenvalue weighted by molar-refractivity contribution is 0.103. The number of nitrogens with zero attached hydrogens (tertiary/aromatic N) is 2. The predicted octanol–water partition coefficient (Wildman–Crippen LogP) is 2.02. The Balaban J connectivity index is 2.10. The van der Waals surface area contributed by atoms with E-state index >= 15 is 0 Å². The molecule has 0 spiro atoms. The zero-order valence-corrected chi connectivity index (χ0v) is 9.68. The minimum absolute atomic E-state index is 0.154. The maximum Gasteiger partial charge on any atom is 0.266 e. The number of amides is 1. The van der Waals surface area contributed by atoms with E-state index in [9.17, 15) is 4.79 Å². The van der Waals surface area contributed by atoms with Crippen LogP contribution in [0.1, 0.15) is 9.67 Å². The number of thiol groups is 1. The van der Waals surface area contributed by atoms with Crippen molar-refractivity contribution < 1.29 is 4.79 Å². The van der Waals surface area contributed by atoms with E-state index in [0.717, 1.165) is 4.90 Å². The number of aryl methyl sites for hydroxylation is 1. The molecule has 0 saturated carbocycles. The van der Waals surface area contributed by atoms with Crippen molar-refractivity contribution in [3.63, 3.8) is 0 Å². The predicted molar refractivity (Wildman–Crippen MR) is 62.7 cm³/mol. The van der Waals surface area contributed by atoms with Gasteiger partial charge in [-0.3, -0.25) is 9.48 Å². The number of hydrogen-bond acceptors (Lipinski definition) is 4. The second-order valence-electron chi connectivity index (χ2n) is 3.00. The highest BCUT2D eigenvalue weighted by atomic mass is 32.1. The summed E-state index contributed by atoms with van der Waals surface area (Å²) in [7, 11) is 1.80. The molecule has 2 aromatic heterocycles. The summed E-state index contributed by atoms with van der Waals surface area (Å²) in [6, 6.07) is 3.47. The zero-order valence-electron chi connectivity index (χ0n) is 7.97. The molecule has 0 aliphatic heterocycles. The molecule has 0 fully saturated rings. The van der Waals surface area contributed by atoms with E-state index < -0.39 is 0 Å². The first-order chi connectivity index (χ1) is 7.15. The van der Waals surface area contributed by atoms with Crippen molar-refractivity contribution in [3.05, 3.63) is 28.6 Å². The molecule has 0 atom stereocenters. The summed E-state index contributed by atoms with van der Waals surface area (Å²) in [5, 5.41) is 8.57. The lowest BCUT2D eigenvalue weighted by Crippen LogP contribution is -2.10. The van der Waals surface area contributed by atoms with E-state index in [-0.39, 0.29) is 5.91 Å². The number of rotatable bonds is 2. The molecular formula is C9H9N3OS2. The van der Waals surface area contributed by atoms with E-state index in [1.165, 1.54) is 11.3 Å². The van der Waals surface area contributed by atoms with Gasteiger partial charge in [-0.2, -0.15) is 5.10 Å². The summed E-state index contributed by atoms with van der Waals surface area (Å²) < 4.78 is 1.63. The molecule has 0 aromatic carbocycles. The maximum absolute atomic E-state index is 11.7. The molecule has 0 radical (unpaired) electrons. The first-order valence-corrected chi connectivity index (χ1v) is 5.56. The summed E-state index contributed by atoms with van der Waals surface area (Å²) in [5.41, 5.74) is 0.